The summed E-state index contributed by atoms with van der Waals surface area (Å²) in [4.78, 5) is 0. The van der Waals surface area contributed by atoms with E-state index >= 15 is 0 Å². The minimum atomic E-state index is -0.411. The molecule has 0 aromatic heterocycles. The summed E-state index contributed by atoms with van der Waals surface area (Å²) >= 11 is 0. The number of phenols is 1. The van der Waals surface area contributed by atoms with Gasteiger partial charge in [-0.05, 0) is 19.4 Å². The van der Waals surface area contributed by atoms with Crippen LogP contribution < -0.4 is 10.1 Å². The maximum atomic E-state index is 13.7. The molecule has 0 spiro atoms. The number of aromatic hydroxyl groups is 1. The molecular weight excluding hydrogens is 197 g/mol. The Kier molecular flexibility index (Phi) is 2.77. The van der Waals surface area contributed by atoms with E-state index in [1.807, 2.05) is 0 Å². The van der Waals surface area contributed by atoms with E-state index in [2.05, 4.69) is 5.32 Å². The van der Waals surface area contributed by atoms with Crippen molar-refractivity contribution in [3.8, 4) is 11.5 Å². The summed E-state index contributed by atoms with van der Waals surface area (Å²) in [5.74, 6) is -0.107. The van der Waals surface area contributed by atoms with E-state index in [1.54, 1.807) is 0 Å². The molecule has 1 aliphatic rings. The Hall–Kier alpha value is -1.29. The van der Waals surface area contributed by atoms with Crippen molar-refractivity contribution in [3.63, 3.8) is 0 Å². The molecule has 1 aromatic rings. The molecule has 1 aliphatic heterocycles. The van der Waals surface area contributed by atoms with E-state index in [-0.39, 0.29) is 11.8 Å². The van der Waals surface area contributed by atoms with Crippen molar-refractivity contribution in [2.75, 3.05) is 13.7 Å². The van der Waals surface area contributed by atoms with Gasteiger partial charge in [0.2, 0.25) is 0 Å². The number of ether oxygens (including phenoxy) is 1. The highest BCUT2D eigenvalue weighted by Crippen LogP contribution is 2.35. The van der Waals surface area contributed by atoms with E-state index < -0.39 is 5.82 Å². The molecule has 1 fully saturated rings. The third-order valence-corrected chi connectivity index (χ3v) is 2.71. The first kappa shape index (κ1) is 10.2. The summed E-state index contributed by atoms with van der Waals surface area (Å²) in [6.45, 7) is 0.897. The maximum absolute atomic E-state index is 13.7. The van der Waals surface area contributed by atoms with Crippen molar-refractivity contribution >= 4 is 0 Å². The molecule has 15 heavy (non-hydrogen) atoms. The summed E-state index contributed by atoms with van der Waals surface area (Å²) in [6, 6.07) is 2.57. The predicted molar refractivity (Wildman–Crippen MR) is 54.6 cm³/mol. The molecule has 4 heteroatoms. The first-order valence-electron chi connectivity index (χ1n) is 5.02. The van der Waals surface area contributed by atoms with Gasteiger partial charge in [0.05, 0.1) is 7.11 Å². The van der Waals surface area contributed by atoms with E-state index in [4.69, 9.17) is 4.74 Å². The molecule has 2 rings (SSSR count). The van der Waals surface area contributed by atoms with Crippen molar-refractivity contribution in [1.29, 1.82) is 0 Å². The molecule has 0 radical (unpaired) electrons. The van der Waals surface area contributed by atoms with Crippen LogP contribution in [0.3, 0.4) is 0 Å². The van der Waals surface area contributed by atoms with Crippen LogP contribution in [0.1, 0.15) is 24.4 Å². The summed E-state index contributed by atoms with van der Waals surface area (Å²) < 4.78 is 18.7. The zero-order valence-electron chi connectivity index (χ0n) is 8.59. The number of nitrogens with one attached hydrogen (secondary N) is 1. The standard InChI is InChI=1S/C11H14FNO2/c1-15-10-6-7(14)5-8(12)11(10)9-3-2-4-13-9/h5-6,9,13-14H,2-4H2,1H3. The molecule has 0 amide bonds. The molecule has 82 valence electrons. The van der Waals surface area contributed by atoms with Crippen LogP contribution in [-0.4, -0.2) is 18.8 Å². The maximum Gasteiger partial charge on any atom is 0.135 e. The van der Waals surface area contributed by atoms with Gasteiger partial charge in [-0.25, -0.2) is 4.39 Å². The lowest BCUT2D eigenvalue weighted by molar-refractivity contribution is 0.387. The summed E-state index contributed by atoms with van der Waals surface area (Å²) in [5.41, 5.74) is 0.521. The van der Waals surface area contributed by atoms with E-state index in [1.165, 1.54) is 13.2 Å². The van der Waals surface area contributed by atoms with Gasteiger partial charge in [-0.15, -0.1) is 0 Å². The van der Waals surface area contributed by atoms with Crippen LogP contribution in [-0.2, 0) is 0 Å². The van der Waals surface area contributed by atoms with Crippen LogP contribution in [0.25, 0.3) is 0 Å². The molecule has 0 saturated carbocycles. The predicted octanol–water partition coefficient (Wildman–Crippen LogP) is 1.96. The fourth-order valence-electron chi connectivity index (χ4n) is 2.02. The number of hydrogen-bond acceptors (Lipinski definition) is 3. The first-order chi connectivity index (χ1) is 7.22. The first-order valence-corrected chi connectivity index (χ1v) is 5.02. The second-order valence-electron chi connectivity index (χ2n) is 3.69. The van der Waals surface area contributed by atoms with Gasteiger partial charge in [0, 0.05) is 23.7 Å². The molecule has 2 N–H and O–H groups in total. The van der Waals surface area contributed by atoms with Crippen molar-refractivity contribution < 1.29 is 14.2 Å². The fraction of sp³-hybridized carbons (Fsp3) is 0.455. The summed E-state index contributed by atoms with van der Waals surface area (Å²) in [5, 5.41) is 12.5. The van der Waals surface area contributed by atoms with Crippen LogP contribution in [0.5, 0.6) is 11.5 Å². The van der Waals surface area contributed by atoms with E-state index in [0.29, 0.717) is 11.3 Å². The van der Waals surface area contributed by atoms with Crippen LogP contribution in [0.2, 0.25) is 0 Å². The molecule has 3 nitrogen and oxygen atoms in total. The molecule has 1 saturated heterocycles. The zero-order valence-corrected chi connectivity index (χ0v) is 8.59. The molecule has 0 aliphatic carbocycles. The Morgan fingerprint density at radius 3 is 2.93 bits per heavy atom. The lowest BCUT2D eigenvalue weighted by atomic mass is 10.0. The number of benzene rings is 1. The Balaban J connectivity index is 2.43. The zero-order chi connectivity index (χ0) is 10.8. The number of halogens is 1. The molecule has 1 unspecified atom stereocenters. The van der Waals surface area contributed by atoms with E-state index in [0.717, 1.165) is 25.5 Å². The van der Waals surface area contributed by atoms with Crippen LogP contribution in [0.15, 0.2) is 12.1 Å². The van der Waals surface area contributed by atoms with Gasteiger partial charge in [0.1, 0.15) is 17.3 Å². The minimum Gasteiger partial charge on any atom is -0.508 e. The average Bonchev–Trinajstić information content (AvgIpc) is 2.69. The Bertz CT molecular complexity index is 362. The van der Waals surface area contributed by atoms with Crippen molar-refractivity contribution in [3.05, 3.63) is 23.5 Å². The summed E-state index contributed by atoms with van der Waals surface area (Å²) in [6.07, 6.45) is 1.94. The number of phenolic OH excluding ortho intramolecular Hbond substituents is 1. The van der Waals surface area contributed by atoms with E-state index in [9.17, 15) is 9.50 Å². The molecule has 1 heterocycles. The second kappa shape index (κ2) is 4.06. The highest BCUT2D eigenvalue weighted by atomic mass is 19.1. The van der Waals surface area contributed by atoms with Crippen LogP contribution >= 0.6 is 0 Å². The largest absolute Gasteiger partial charge is 0.508 e. The Labute approximate surface area is 87.9 Å². The highest BCUT2D eigenvalue weighted by molar-refractivity contribution is 5.43. The van der Waals surface area contributed by atoms with Crippen molar-refractivity contribution in [2.24, 2.45) is 0 Å². The van der Waals surface area contributed by atoms with Gasteiger partial charge in [0.25, 0.3) is 0 Å². The lowest BCUT2D eigenvalue weighted by Crippen LogP contribution is -2.15. The SMILES string of the molecule is COc1cc(O)cc(F)c1C1CCCN1. The molecule has 0 bridgehead atoms. The topological polar surface area (TPSA) is 41.5 Å². The quantitative estimate of drug-likeness (QED) is 0.785. The third kappa shape index (κ3) is 1.90. The van der Waals surface area contributed by atoms with Gasteiger partial charge in [-0.2, -0.15) is 0 Å². The normalized spacial score (nSPS) is 20.5. The molecule has 1 aromatic carbocycles. The van der Waals surface area contributed by atoms with Crippen molar-refractivity contribution in [2.45, 2.75) is 18.9 Å². The monoisotopic (exact) mass is 211 g/mol. The number of methoxy groups -OCH3 is 1. The molecule has 1 atom stereocenters. The molecular formula is C11H14FNO2. The van der Waals surface area contributed by atoms with Gasteiger partial charge in [0.15, 0.2) is 0 Å². The highest BCUT2D eigenvalue weighted by Gasteiger charge is 2.24. The van der Waals surface area contributed by atoms with Crippen LogP contribution in [0.4, 0.5) is 4.39 Å². The second-order valence-corrected chi connectivity index (χ2v) is 3.69. The fourth-order valence-corrected chi connectivity index (χ4v) is 2.02. The van der Waals surface area contributed by atoms with Gasteiger partial charge >= 0.3 is 0 Å². The third-order valence-electron chi connectivity index (χ3n) is 2.71. The number of hydrogen-bond donors (Lipinski definition) is 2. The Morgan fingerprint density at radius 2 is 2.33 bits per heavy atom. The van der Waals surface area contributed by atoms with Gasteiger partial charge < -0.3 is 15.2 Å². The van der Waals surface area contributed by atoms with Gasteiger partial charge in [-0.3, -0.25) is 0 Å². The smallest absolute Gasteiger partial charge is 0.135 e. The summed E-state index contributed by atoms with van der Waals surface area (Å²) in [7, 11) is 1.48. The lowest BCUT2D eigenvalue weighted by Gasteiger charge is -2.16. The average molecular weight is 211 g/mol. The Morgan fingerprint density at radius 1 is 1.53 bits per heavy atom. The number of rotatable bonds is 2. The van der Waals surface area contributed by atoms with Crippen molar-refractivity contribution in [1.82, 2.24) is 5.32 Å². The van der Waals surface area contributed by atoms with Crippen LogP contribution in [0, 0.1) is 5.82 Å². The van der Waals surface area contributed by atoms with Gasteiger partial charge in [-0.1, -0.05) is 0 Å². The minimum absolute atomic E-state index is 0.000509.